The van der Waals surface area contributed by atoms with Crippen LogP contribution in [0.3, 0.4) is 0 Å². The van der Waals surface area contributed by atoms with Crippen LogP contribution in [-0.4, -0.2) is 14.1 Å². The molecule has 0 saturated carbocycles. The van der Waals surface area contributed by atoms with Crippen LogP contribution in [0, 0.1) is 5.82 Å². The molecular weight excluding hydrogens is 319 g/mol. The summed E-state index contributed by atoms with van der Waals surface area (Å²) in [5, 5.41) is 3.21. The van der Waals surface area contributed by atoms with E-state index in [4.69, 9.17) is 0 Å². The second-order valence-electron chi connectivity index (χ2n) is 4.95. The molecule has 1 atom stereocenters. The average molecular weight is 337 g/mol. The molecule has 20 heavy (non-hydrogen) atoms. The molecule has 0 radical (unpaired) electrons. The summed E-state index contributed by atoms with van der Waals surface area (Å²) in [4.78, 5) is 2.05. The van der Waals surface area contributed by atoms with Gasteiger partial charge in [0.2, 0.25) is 0 Å². The minimum absolute atomic E-state index is 0.0272. The van der Waals surface area contributed by atoms with Gasteiger partial charge in [0.25, 0.3) is 0 Å². The molecule has 0 aliphatic heterocycles. The second kappa shape index (κ2) is 6.27. The van der Waals surface area contributed by atoms with Gasteiger partial charge < -0.3 is 10.2 Å². The smallest absolute Gasteiger partial charge is 0.147 e. The van der Waals surface area contributed by atoms with Gasteiger partial charge in [0.05, 0.1) is 5.69 Å². The van der Waals surface area contributed by atoms with Crippen molar-refractivity contribution in [3.8, 4) is 0 Å². The van der Waals surface area contributed by atoms with Gasteiger partial charge in [0.15, 0.2) is 0 Å². The van der Waals surface area contributed by atoms with Crippen molar-refractivity contribution in [3.63, 3.8) is 0 Å². The van der Waals surface area contributed by atoms with Crippen LogP contribution < -0.4 is 10.2 Å². The molecule has 4 heteroatoms. The van der Waals surface area contributed by atoms with Crippen LogP contribution in [0.5, 0.6) is 0 Å². The number of hydrogen-bond acceptors (Lipinski definition) is 2. The lowest BCUT2D eigenvalue weighted by Crippen LogP contribution is -2.10. The van der Waals surface area contributed by atoms with E-state index in [1.807, 2.05) is 27.1 Å². The van der Waals surface area contributed by atoms with Crippen molar-refractivity contribution in [3.05, 3.63) is 58.3 Å². The number of nitrogens with one attached hydrogen (secondary N) is 1. The van der Waals surface area contributed by atoms with Crippen LogP contribution >= 0.6 is 15.9 Å². The molecule has 0 aromatic heterocycles. The Kier molecular flexibility index (Phi) is 4.65. The fourth-order valence-electron chi connectivity index (χ4n) is 2.00. The highest BCUT2D eigenvalue weighted by molar-refractivity contribution is 9.10. The number of para-hydroxylation sites is 1. The summed E-state index contributed by atoms with van der Waals surface area (Å²) in [5.41, 5.74) is 2.76. The lowest BCUT2D eigenvalue weighted by molar-refractivity contribution is 0.626. The van der Waals surface area contributed by atoms with E-state index in [1.54, 1.807) is 6.07 Å². The molecule has 2 aromatic rings. The molecule has 1 unspecified atom stereocenters. The number of nitrogens with zero attached hydrogens (tertiary/aromatic N) is 1. The Morgan fingerprint density at radius 3 is 2.30 bits per heavy atom. The highest BCUT2D eigenvalue weighted by Crippen LogP contribution is 2.29. The zero-order valence-electron chi connectivity index (χ0n) is 11.8. The van der Waals surface area contributed by atoms with E-state index in [2.05, 4.69) is 50.4 Å². The van der Waals surface area contributed by atoms with E-state index in [9.17, 15) is 4.39 Å². The number of anilines is 2. The van der Waals surface area contributed by atoms with Crippen molar-refractivity contribution in [2.75, 3.05) is 24.3 Å². The Morgan fingerprint density at radius 2 is 1.75 bits per heavy atom. The van der Waals surface area contributed by atoms with Gasteiger partial charge in [0.1, 0.15) is 5.82 Å². The number of benzene rings is 2. The van der Waals surface area contributed by atoms with Crippen molar-refractivity contribution < 1.29 is 4.39 Å². The number of hydrogen-bond donors (Lipinski definition) is 1. The quantitative estimate of drug-likeness (QED) is 0.860. The lowest BCUT2D eigenvalue weighted by Gasteiger charge is -2.19. The molecule has 0 aliphatic rings. The molecule has 2 rings (SSSR count). The molecule has 0 bridgehead atoms. The Labute approximate surface area is 127 Å². The fourth-order valence-corrected chi connectivity index (χ4v) is 2.45. The molecule has 0 heterocycles. The zero-order chi connectivity index (χ0) is 14.7. The van der Waals surface area contributed by atoms with Crippen molar-refractivity contribution >= 4 is 27.3 Å². The van der Waals surface area contributed by atoms with Crippen LogP contribution in [-0.2, 0) is 0 Å². The Bertz CT molecular complexity index is 561. The van der Waals surface area contributed by atoms with Crippen LogP contribution in [0.15, 0.2) is 46.9 Å². The highest BCUT2D eigenvalue weighted by atomic mass is 79.9. The van der Waals surface area contributed by atoms with Gasteiger partial charge in [-0.1, -0.05) is 18.2 Å². The Morgan fingerprint density at radius 1 is 1.10 bits per heavy atom. The van der Waals surface area contributed by atoms with Crippen LogP contribution in [0.1, 0.15) is 18.5 Å². The first-order chi connectivity index (χ1) is 9.49. The largest absolute Gasteiger partial charge is 0.378 e. The molecule has 2 aromatic carbocycles. The third-order valence-electron chi connectivity index (χ3n) is 3.23. The van der Waals surface area contributed by atoms with Crippen molar-refractivity contribution in [1.82, 2.24) is 0 Å². The maximum absolute atomic E-state index is 13.8. The average Bonchev–Trinajstić information content (AvgIpc) is 2.43. The summed E-state index contributed by atoms with van der Waals surface area (Å²) in [6.07, 6.45) is 0. The molecule has 0 amide bonds. The minimum Gasteiger partial charge on any atom is -0.378 e. The summed E-state index contributed by atoms with van der Waals surface area (Å²) in [5.74, 6) is -0.254. The molecule has 1 N–H and O–H groups in total. The normalized spacial score (nSPS) is 12.1. The topological polar surface area (TPSA) is 15.3 Å². The van der Waals surface area contributed by atoms with Crippen LogP contribution in [0.2, 0.25) is 0 Å². The second-order valence-corrected chi connectivity index (χ2v) is 5.80. The van der Waals surface area contributed by atoms with Gasteiger partial charge in [-0.15, -0.1) is 0 Å². The van der Waals surface area contributed by atoms with E-state index in [1.165, 1.54) is 6.07 Å². The molecular formula is C16H18BrFN2. The maximum Gasteiger partial charge on any atom is 0.147 e. The molecule has 0 fully saturated rings. The molecule has 0 aliphatic carbocycles. The standard InChI is InChI=1S/C16H18BrFN2/c1-11(12-7-9-13(10-8-12)20(2)3)19-16-14(17)5-4-6-15(16)18/h4-11,19H,1-3H3. The summed E-state index contributed by atoms with van der Waals surface area (Å²) in [6.45, 7) is 2.02. The Balaban J connectivity index is 2.17. The van der Waals surface area contributed by atoms with Gasteiger partial charge in [-0.3, -0.25) is 0 Å². The molecule has 0 saturated heterocycles. The van der Waals surface area contributed by atoms with Crippen molar-refractivity contribution in [2.45, 2.75) is 13.0 Å². The predicted octanol–water partition coefficient (Wildman–Crippen LogP) is 4.83. The summed E-state index contributed by atoms with van der Waals surface area (Å²) < 4.78 is 14.5. The van der Waals surface area contributed by atoms with Gasteiger partial charge in [-0.2, -0.15) is 0 Å². The van der Waals surface area contributed by atoms with E-state index < -0.39 is 0 Å². The first-order valence-electron chi connectivity index (χ1n) is 6.47. The van der Waals surface area contributed by atoms with E-state index in [0.717, 1.165) is 15.7 Å². The first kappa shape index (κ1) is 14.9. The zero-order valence-corrected chi connectivity index (χ0v) is 13.4. The summed E-state index contributed by atoms with van der Waals surface area (Å²) >= 11 is 3.37. The van der Waals surface area contributed by atoms with Crippen LogP contribution in [0.4, 0.5) is 15.8 Å². The summed E-state index contributed by atoms with van der Waals surface area (Å²) in [7, 11) is 4.01. The lowest BCUT2D eigenvalue weighted by atomic mass is 10.1. The van der Waals surface area contributed by atoms with E-state index in [0.29, 0.717) is 5.69 Å². The third-order valence-corrected chi connectivity index (χ3v) is 3.89. The number of rotatable bonds is 4. The van der Waals surface area contributed by atoms with Gasteiger partial charge in [-0.25, -0.2) is 4.39 Å². The minimum atomic E-state index is -0.254. The number of halogens is 2. The fraction of sp³-hybridized carbons (Fsp3) is 0.250. The van der Waals surface area contributed by atoms with Crippen molar-refractivity contribution in [1.29, 1.82) is 0 Å². The summed E-state index contributed by atoms with van der Waals surface area (Å²) in [6, 6.07) is 13.2. The third kappa shape index (κ3) is 3.31. The maximum atomic E-state index is 13.8. The highest BCUT2D eigenvalue weighted by Gasteiger charge is 2.11. The SMILES string of the molecule is CC(Nc1c(F)cccc1Br)c1ccc(N(C)C)cc1. The predicted molar refractivity (Wildman–Crippen MR) is 86.9 cm³/mol. The monoisotopic (exact) mass is 336 g/mol. The molecule has 2 nitrogen and oxygen atoms in total. The molecule has 0 spiro atoms. The van der Waals surface area contributed by atoms with Crippen LogP contribution in [0.25, 0.3) is 0 Å². The van der Waals surface area contributed by atoms with Gasteiger partial charge >= 0.3 is 0 Å². The van der Waals surface area contributed by atoms with Gasteiger partial charge in [0, 0.05) is 30.3 Å². The first-order valence-corrected chi connectivity index (χ1v) is 7.26. The Hall–Kier alpha value is -1.55. The van der Waals surface area contributed by atoms with E-state index in [-0.39, 0.29) is 11.9 Å². The molecule has 106 valence electrons. The van der Waals surface area contributed by atoms with Gasteiger partial charge in [-0.05, 0) is 52.7 Å². The van der Waals surface area contributed by atoms with Crippen molar-refractivity contribution in [2.24, 2.45) is 0 Å². The van der Waals surface area contributed by atoms with E-state index >= 15 is 0 Å².